The summed E-state index contributed by atoms with van der Waals surface area (Å²) in [6.45, 7) is 2.44. The van der Waals surface area contributed by atoms with Crippen molar-refractivity contribution in [3.63, 3.8) is 0 Å². The molecule has 0 radical (unpaired) electrons. The second kappa shape index (κ2) is 8.37. The first-order chi connectivity index (χ1) is 17.1. The first kappa shape index (κ1) is 21.1. The van der Waals surface area contributed by atoms with Gasteiger partial charge < -0.3 is 14.1 Å². The van der Waals surface area contributed by atoms with E-state index in [0.717, 1.165) is 15.8 Å². The molecule has 1 saturated heterocycles. The Balaban J connectivity index is 1.62. The number of aromatic nitrogens is 2. The Morgan fingerprint density at radius 2 is 1.66 bits per heavy atom. The average molecular weight is 468 g/mol. The summed E-state index contributed by atoms with van der Waals surface area (Å²) in [6.07, 6.45) is 0. The number of benzene rings is 3. The summed E-state index contributed by atoms with van der Waals surface area (Å²) in [6, 6.07) is 21.3. The Labute approximate surface area is 198 Å². The van der Waals surface area contributed by atoms with E-state index in [2.05, 4.69) is 10.00 Å². The van der Waals surface area contributed by atoms with Crippen LogP contribution in [-0.2, 0) is 4.74 Å². The molecule has 0 N–H and O–H groups in total. The van der Waals surface area contributed by atoms with Crippen LogP contribution in [0.5, 0.6) is 0 Å². The Kier molecular flexibility index (Phi) is 5.04. The van der Waals surface area contributed by atoms with Crippen molar-refractivity contribution in [2.45, 2.75) is 0 Å². The predicted molar refractivity (Wildman–Crippen MR) is 132 cm³/mol. The largest absolute Gasteiger partial charge is 0.454 e. The monoisotopic (exact) mass is 468 g/mol. The van der Waals surface area contributed by atoms with E-state index in [1.165, 1.54) is 6.07 Å². The van der Waals surface area contributed by atoms with Gasteiger partial charge in [-0.1, -0.05) is 36.4 Å². The van der Waals surface area contributed by atoms with Gasteiger partial charge in [-0.3, -0.25) is 14.9 Å². The summed E-state index contributed by atoms with van der Waals surface area (Å²) in [4.78, 5) is 27.1. The summed E-state index contributed by atoms with van der Waals surface area (Å²) in [5.41, 5.74) is 1.34. The first-order valence-corrected chi connectivity index (χ1v) is 11.2. The highest BCUT2D eigenvalue weighted by molar-refractivity contribution is 5.95. The fourth-order valence-corrected chi connectivity index (χ4v) is 4.49. The molecule has 9 heteroatoms. The maximum Gasteiger partial charge on any atom is 0.295 e. The van der Waals surface area contributed by atoms with E-state index in [1.54, 1.807) is 30.3 Å². The molecule has 0 bridgehead atoms. The summed E-state index contributed by atoms with van der Waals surface area (Å²) in [7, 11) is 0. The van der Waals surface area contributed by atoms with Gasteiger partial charge >= 0.3 is 0 Å². The Hall–Kier alpha value is -4.50. The van der Waals surface area contributed by atoms with Crippen LogP contribution in [0.2, 0.25) is 0 Å². The van der Waals surface area contributed by atoms with Crippen LogP contribution in [0.25, 0.3) is 38.9 Å². The lowest BCUT2D eigenvalue weighted by Gasteiger charge is -2.29. The molecule has 3 aromatic carbocycles. The van der Waals surface area contributed by atoms with E-state index in [1.807, 2.05) is 36.4 Å². The average Bonchev–Trinajstić information content (AvgIpc) is 3.33. The van der Waals surface area contributed by atoms with Crippen molar-refractivity contribution < 1.29 is 14.1 Å². The maximum absolute atomic E-state index is 13.6. The summed E-state index contributed by atoms with van der Waals surface area (Å²) in [5.74, 6) is 0.475. The number of morpholine rings is 1. The number of nitro groups is 1. The first-order valence-electron chi connectivity index (χ1n) is 11.2. The number of ether oxygens (including phenoxy) is 1. The number of furan rings is 1. The molecular weight excluding hydrogens is 448 g/mol. The van der Waals surface area contributed by atoms with Gasteiger partial charge in [0.15, 0.2) is 5.76 Å². The minimum absolute atomic E-state index is 0.104. The molecule has 0 aliphatic carbocycles. The third-order valence-corrected chi connectivity index (χ3v) is 6.22. The molecule has 0 unspecified atom stereocenters. The van der Waals surface area contributed by atoms with Crippen molar-refractivity contribution in [3.05, 3.63) is 93.3 Å². The molecule has 6 rings (SSSR count). The predicted octanol–water partition coefficient (Wildman–Crippen LogP) is 4.54. The lowest BCUT2D eigenvalue weighted by Crippen LogP contribution is -2.36. The van der Waals surface area contributed by atoms with Crippen LogP contribution in [0.1, 0.15) is 0 Å². The van der Waals surface area contributed by atoms with Crippen molar-refractivity contribution in [2.75, 3.05) is 31.2 Å². The molecule has 0 spiro atoms. The van der Waals surface area contributed by atoms with Gasteiger partial charge in [-0.15, -0.1) is 0 Å². The second-order valence-corrected chi connectivity index (χ2v) is 8.29. The molecule has 1 aliphatic heterocycles. The van der Waals surface area contributed by atoms with Crippen molar-refractivity contribution in [1.29, 1.82) is 0 Å². The molecule has 0 amide bonds. The normalized spacial score (nSPS) is 14.0. The number of nitro benzene ring substituents is 1. The van der Waals surface area contributed by atoms with Gasteiger partial charge in [0.05, 0.1) is 23.5 Å². The Bertz CT molecular complexity index is 1620. The minimum Gasteiger partial charge on any atom is -0.454 e. The lowest BCUT2D eigenvalue weighted by molar-refractivity contribution is -0.384. The van der Waals surface area contributed by atoms with E-state index >= 15 is 0 Å². The SMILES string of the molecule is O=c1c2ccccc2c(-c2cc3ccccc3o2)nn1-c1cc(N2CCOCC2)ccc1[N+](=O)[O-]. The smallest absolute Gasteiger partial charge is 0.295 e. The minimum atomic E-state index is -0.497. The lowest BCUT2D eigenvalue weighted by atomic mass is 10.1. The third-order valence-electron chi connectivity index (χ3n) is 6.22. The number of hydrogen-bond acceptors (Lipinski definition) is 7. The van der Waals surface area contributed by atoms with Crippen LogP contribution in [0, 0.1) is 10.1 Å². The van der Waals surface area contributed by atoms with Gasteiger partial charge in [0, 0.05) is 35.6 Å². The third kappa shape index (κ3) is 3.62. The zero-order valence-corrected chi connectivity index (χ0v) is 18.6. The molecule has 0 saturated carbocycles. The molecule has 35 heavy (non-hydrogen) atoms. The molecule has 1 aliphatic rings. The maximum atomic E-state index is 13.6. The number of nitrogens with zero attached hydrogens (tertiary/aromatic N) is 4. The fraction of sp³-hybridized carbons (Fsp3) is 0.154. The van der Waals surface area contributed by atoms with E-state index in [-0.39, 0.29) is 11.4 Å². The molecule has 3 heterocycles. The van der Waals surface area contributed by atoms with Gasteiger partial charge in [-0.2, -0.15) is 9.78 Å². The summed E-state index contributed by atoms with van der Waals surface area (Å²) in [5, 5.41) is 18.5. The topological polar surface area (TPSA) is 104 Å². The Morgan fingerprint density at radius 1 is 0.914 bits per heavy atom. The zero-order valence-electron chi connectivity index (χ0n) is 18.6. The van der Waals surface area contributed by atoms with Gasteiger partial charge in [-0.25, -0.2) is 0 Å². The molecule has 1 fully saturated rings. The highest BCUT2D eigenvalue weighted by Crippen LogP contribution is 2.33. The van der Waals surface area contributed by atoms with E-state index in [4.69, 9.17) is 9.15 Å². The highest BCUT2D eigenvalue weighted by Gasteiger charge is 2.24. The summed E-state index contributed by atoms with van der Waals surface area (Å²) < 4.78 is 12.6. The standard InChI is InChI=1S/C26H20N4O5/c31-26-20-7-3-2-6-19(20)25(24-15-17-5-1-4-8-23(17)35-24)27-29(26)22-16-18(9-10-21(22)30(32)33)28-11-13-34-14-12-28/h1-10,15-16H,11-14H2. The fourth-order valence-electron chi connectivity index (χ4n) is 4.49. The molecule has 174 valence electrons. The number of anilines is 1. The van der Waals surface area contributed by atoms with E-state index in [9.17, 15) is 14.9 Å². The van der Waals surface area contributed by atoms with Crippen molar-refractivity contribution in [1.82, 2.24) is 9.78 Å². The molecule has 5 aromatic rings. The van der Waals surface area contributed by atoms with Crippen LogP contribution in [0.3, 0.4) is 0 Å². The van der Waals surface area contributed by atoms with Crippen LogP contribution in [0.15, 0.2) is 82.0 Å². The zero-order chi connectivity index (χ0) is 23.9. The van der Waals surface area contributed by atoms with Crippen molar-refractivity contribution in [2.24, 2.45) is 0 Å². The molecule has 0 atom stereocenters. The van der Waals surface area contributed by atoms with Crippen LogP contribution in [-0.4, -0.2) is 41.0 Å². The van der Waals surface area contributed by atoms with Gasteiger partial charge in [-0.05, 0) is 30.3 Å². The number of hydrogen-bond donors (Lipinski definition) is 0. The van der Waals surface area contributed by atoms with Gasteiger partial charge in [0.2, 0.25) is 0 Å². The van der Waals surface area contributed by atoms with Crippen molar-refractivity contribution >= 4 is 33.1 Å². The number of rotatable bonds is 4. The number of fused-ring (bicyclic) bond motifs is 2. The second-order valence-electron chi connectivity index (χ2n) is 8.29. The summed E-state index contributed by atoms with van der Waals surface area (Å²) >= 11 is 0. The molecule has 9 nitrogen and oxygen atoms in total. The highest BCUT2D eigenvalue weighted by atomic mass is 16.6. The quantitative estimate of drug-likeness (QED) is 0.282. The van der Waals surface area contributed by atoms with Crippen LogP contribution < -0.4 is 10.5 Å². The van der Waals surface area contributed by atoms with Gasteiger partial charge in [0.1, 0.15) is 17.0 Å². The molecule has 2 aromatic heterocycles. The molecular formula is C26H20N4O5. The van der Waals surface area contributed by atoms with E-state index < -0.39 is 10.5 Å². The Morgan fingerprint density at radius 3 is 2.43 bits per heavy atom. The van der Waals surface area contributed by atoms with Crippen LogP contribution >= 0.6 is 0 Å². The number of para-hydroxylation sites is 1. The van der Waals surface area contributed by atoms with Crippen LogP contribution in [0.4, 0.5) is 11.4 Å². The van der Waals surface area contributed by atoms with Gasteiger partial charge in [0.25, 0.3) is 11.2 Å². The van der Waals surface area contributed by atoms with E-state index in [0.29, 0.717) is 54.1 Å². The van der Waals surface area contributed by atoms with Crippen molar-refractivity contribution in [3.8, 4) is 17.1 Å².